The molecule has 2 amide bonds. The van der Waals surface area contributed by atoms with E-state index in [0.717, 1.165) is 24.2 Å². The van der Waals surface area contributed by atoms with Crippen molar-refractivity contribution in [3.8, 4) is 11.3 Å². The van der Waals surface area contributed by atoms with Crippen molar-refractivity contribution in [3.05, 3.63) is 42.2 Å². The van der Waals surface area contributed by atoms with E-state index in [0.29, 0.717) is 31.7 Å². The molecular weight excluding hydrogens is 356 g/mol. The largest absolute Gasteiger partial charge is 0.361 e. The molecule has 1 saturated heterocycles. The monoisotopic (exact) mass is 384 g/mol. The van der Waals surface area contributed by atoms with E-state index < -0.39 is 5.54 Å². The van der Waals surface area contributed by atoms with Crippen LogP contribution in [0.1, 0.15) is 25.5 Å². The zero-order valence-electron chi connectivity index (χ0n) is 16.8. The summed E-state index contributed by atoms with van der Waals surface area (Å²) in [5.41, 5.74) is 0.758. The van der Waals surface area contributed by atoms with Crippen molar-refractivity contribution in [2.24, 2.45) is 0 Å². The molecule has 3 rings (SSSR count). The quantitative estimate of drug-likeness (QED) is 0.789. The summed E-state index contributed by atoms with van der Waals surface area (Å²) in [5, 5.41) is 7.16. The van der Waals surface area contributed by atoms with Crippen LogP contribution in [-0.4, -0.2) is 66.0 Å². The summed E-state index contributed by atoms with van der Waals surface area (Å²) in [7, 11) is 3.91. The molecule has 1 aromatic carbocycles. The van der Waals surface area contributed by atoms with Gasteiger partial charge in [0, 0.05) is 44.6 Å². The molecule has 0 bridgehead atoms. The second kappa shape index (κ2) is 8.56. The summed E-state index contributed by atoms with van der Waals surface area (Å²) in [4.78, 5) is 29.1. The van der Waals surface area contributed by atoms with Crippen LogP contribution in [0, 0.1) is 0 Å². The topological polar surface area (TPSA) is 78.7 Å². The highest BCUT2D eigenvalue weighted by Gasteiger charge is 2.49. The molecule has 2 heterocycles. The molecule has 7 nitrogen and oxygen atoms in total. The summed E-state index contributed by atoms with van der Waals surface area (Å²) in [6.07, 6.45) is 1.72. The van der Waals surface area contributed by atoms with Crippen LogP contribution in [0.2, 0.25) is 0 Å². The van der Waals surface area contributed by atoms with Crippen molar-refractivity contribution in [2.75, 3.05) is 33.7 Å². The van der Waals surface area contributed by atoms with E-state index in [4.69, 9.17) is 4.52 Å². The van der Waals surface area contributed by atoms with Crippen molar-refractivity contribution < 1.29 is 14.1 Å². The molecule has 150 valence electrons. The van der Waals surface area contributed by atoms with Crippen molar-refractivity contribution >= 4 is 11.8 Å². The molecule has 0 aliphatic carbocycles. The number of rotatable bonds is 7. The summed E-state index contributed by atoms with van der Waals surface area (Å²) in [5.74, 6) is 0.387. The SMILES string of the molecule is CC(=O)N1CCC[C@@]1(Cc1cc(-c2ccccc2)no1)C(=O)NCCN(C)C. The maximum Gasteiger partial charge on any atom is 0.246 e. The van der Waals surface area contributed by atoms with Gasteiger partial charge in [-0.15, -0.1) is 0 Å². The third-order valence-corrected chi connectivity index (χ3v) is 5.23. The molecule has 28 heavy (non-hydrogen) atoms. The van der Waals surface area contributed by atoms with Gasteiger partial charge in [-0.05, 0) is 26.9 Å². The number of carbonyl (C=O) groups excluding carboxylic acids is 2. The Hall–Kier alpha value is -2.67. The average molecular weight is 384 g/mol. The first kappa shape index (κ1) is 20.1. The van der Waals surface area contributed by atoms with E-state index in [-0.39, 0.29) is 11.8 Å². The van der Waals surface area contributed by atoms with Gasteiger partial charge in [-0.1, -0.05) is 35.5 Å². The maximum absolute atomic E-state index is 13.2. The van der Waals surface area contributed by atoms with Gasteiger partial charge in [-0.3, -0.25) is 9.59 Å². The number of benzene rings is 1. The van der Waals surface area contributed by atoms with Gasteiger partial charge in [0.15, 0.2) is 0 Å². The van der Waals surface area contributed by atoms with Crippen molar-refractivity contribution in [1.82, 2.24) is 20.3 Å². The number of carbonyl (C=O) groups is 2. The summed E-state index contributed by atoms with van der Waals surface area (Å²) < 4.78 is 5.55. The van der Waals surface area contributed by atoms with Crippen LogP contribution in [0.4, 0.5) is 0 Å². The van der Waals surface area contributed by atoms with Crippen LogP contribution in [0.3, 0.4) is 0 Å². The van der Waals surface area contributed by atoms with Gasteiger partial charge in [-0.25, -0.2) is 0 Å². The lowest BCUT2D eigenvalue weighted by Crippen LogP contribution is -2.58. The van der Waals surface area contributed by atoms with Crippen LogP contribution in [0.25, 0.3) is 11.3 Å². The average Bonchev–Trinajstić information content (AvgIpc) is 3.30. The minimum atomic E-state index is -0.925. The Balaban J connectivity index is 1.83. The zero-order valence-corrected chi connectivity index (χ0v) is 16.8. The minimum absolute atomic E-state index is 0.0944. The lowest BCUT2D eigenvalue weighted by molar-refractivity contribution is -0.143. The first-order chi connectivity index (χ1) is 13.4. The molecule has 2 aromatic rings. The van der Waals surface area contributed by atoms with Gasteiger partial charge >= 0.3 is 0 Å². The molecule has 1 N–H and O–H groups in total. The number of nitrogens with one attached hydrogen (secondary N) is 1. The zero-order chi connectivity index (χ0) is 20.1. The maximum atomic E-state index is 13.2. The Labute approximate surface area is 165 Å². The Morgan fingerprint density at radius 1 is 1.29 bits per heavy atom. The molecule has 1 fully saturated rings. The van der Waals surface area contributed by atoms with Crippen LogP contribution >= 0.6 is 0 Å². The van der Waals surface area contributed by atoms with Crippen LogP contribution in [0.15, 0.2) is 40.9 Å². The molecule has 1 atom stereocenters. The number of hydrogen-bond donors (Lipinski definition) is 1. The molecule has 0 spiro atoms. The second-order valence-electron chi connectivity index (χ2n) is 7.59. The highest BCUT2D eigenvalue weighted by Crippen LogP contribution is 2.34. The Kier molecular flexibility index (Phi) is 6.14. The lowest BCUT2D eigenvalue weighted by atomic mass is 9.89. The molecule has 1 aliphatic heterocycles. The number of hydrogen-bond acceptors (Lipinski definition) is 5. The molecule has 1 aromatic heterocycles. The predicted molar refractivity (Wildman–Crippen MR) is 107 cm³/mol. The third-order valence-electron chi connectivity index (χ3n) is 5.23. The van der Waals surface area contributed by atoms with E-state index in [1.165, 1.54) is 6.92 Å². The fourth-order valence-electron chi connectivity index (χ4n) is 3.82. The molecule has 0 unspecified atom stereocenters. The first-order valence-corrected chi connectivity index (χ1v) is 9.64. The highest BCUT2D eigenvalue weighted by atomic mass is 16.5. The number of aromatic nitrogens is 1. The van der Waals surface area contributed by atoms with Gasteiger partial charge in [0.05, 0.1) is 0 Å². The lowest BCUT2D eigenvalue weighted by Gasteiger charge is -2.36. The minimum Gasteiger partial charge on any atom is -0.361 e. The number of likely N-dealkylation sites (tertiary alicyclic amines) is 1. The Morgan fingerprint density at radius 3 is 2.71 bits per heavy atom. The van der Waals surface area contributed by atoms with Gasteiger partial charge < -0.3 is 19.6 Å². The summed E-state index contributed by atoms with van der Waals surface area (Å²) in [6, 6.07) is 11.6. The number of likely N-dealkylation sites (N-methyl/N-ethyl adjacent to an activating group) is 1. The fourth-order valence-corrected chi connectivity index (χ4v) is 3.82. The van der Waals surface area contributed by atoms with Gasteiger partial charge in [0.25, 0.3) is 0 Å². The summed E-state index contributed by atoms with van der Waals surface area (Å²) in [6.45, 7) is 3.37. The van der Waals surface area contributed by atoms with E-state index in [1.807, 2.05) is 55.4 Å². The number of amides is 2. The fraction of sp³-hybridized carbons (Fsp3) is 0.476. The predicted octanol–water partition coefficient (Wildman–Crippen LogP) is 1.94. The van der Waals surface area contributed by atoms with Crippen LogP contribution in [0.5, 0.6) is 0 Å². The molecule has 7 heteroatoms. The van der Waals surface area contributed by atoms with Crippen molar-refractivity contribution in [1.29, 1.82) is 0 Å². The normalized spacial score (nSPS) is 19.2. The molecule has 0 saturated carbocycles. The van der Waals surface area contributed by atoms with Gasteiger partial charge in [0.1, 0.15) is 17.0 Å². The third kappa shape index (κ3) is 4.25. The van der Waals surface area contributed by atoms with Gasteiger partial charge in [0.2, 0.25) is 11.8 Å². The van der Waals surface area contributed by atoms with Crippen molar-refractivity contribution in [3.63, 3.8) is 0 Å². The van der Waals surface area contributed by atoms with E-state index >= 15 is 0 Å². The molecular formula is C21H28N4O3. The van der Waals surface area contributed by atoms with Gasteiger partial charge in [-0.2, -0.15) is 0 Å². The highest BCUT2D eigenvalue weighted by molar-refractivity contribution is 5.91. The van der Waals surface area contributed by atoms with E-state index in [9.17, 15) is 9.59 Å². The summed E-state index contributed by atoms with van der Waals surface area (Å²) >= 11 is 0. The Morgan fingerprint density at radius 2 is 2.04 bits per heavy atom. The van der Waals surface area contributed by atoms with E-state index in [2.05, 4.69) is 10.5 Å². The smallest absolute Gasteiger partial charge is 0.246 e. The second-order valence-corrected chi connectivity index (χ2v) is 7.59. The van der Waals surface area contributed by atoms with Crippen LogP contribution < -0.4 is 5.32 Å². The standard InChI is InChI=1S/C21H28N4O3/c1-16(26)25-12-7-10-21(25,20(27)22-11-13-24(2)3)15-18-14-19(23-28-18)17-8-5-4-6-9-17/h4-6,8-9,14H,7,10-13,15H2,1-3H3,(H,22,27)/t21-/m1/s1. The van der Waals surface area contributed by atoms with Crippen molar-refractivity contribution in [2.45, 2.75) is 31.7 Å². The number of nitrogens with zero attached hydrogens (tertiary/aromatic N) is 3. The Bertz CT molecular complexity index is 818. The van der Waals surface area contributed by atoms with E-state index in [1.54, 1.807) is 4.90 Å². The molecule has 1 aliphatic rings. The molecule has 0 radical (unpaired) electrons. The van der Waals surface area contributed by atoms with Crippen LogP contribution in [-0.2, 0) is 16.0 Å². The first-order valence-electron chi connectivity index (χ1n) is 9.64.